The van der Waals surface area contributed by atoms with Gasteiger partial charge in [0.1, 0.15) is 0 Å². The molecule has 3 fully saturated rings. The highest BCUT2D eigenvalue weighted by Gasteiger charge is 2.30. The lowest BCUT2D eigenvalue weighted by Crippen LogP contribution is -2.41. The fraction of sp³-hybridized carbons (Fsp3) is 1.00. The Labute approximate surface area is 131 Å². The fourth-order valence-electron chi connectivity index (χ4n) is 4.22. The van der Waals surface area contributed by atoms with Gasteiger partial charge in [0.15, 0.2) is 0 Å². The SMILES string of the molecule is CC1CC(ON2CCC(CCCN3CCCCC3)CC2)C1. The van der Waals surface area contributed by atoms with E-state index in [1.165, 1.54) is 90.5 Å². The van der Waals surface area contributed by atoms with Gasteiger partial charge in [-0.3, -0.25) is 4.84 Å². The minimum atomic E-state index is 0.538. The lowest BCUT2D eigenvalue weighted by molar-refractivity contribution is -0.235. The van der Waals surface area contributed by atoms with Gasteiger partial charge in [-0.1, -0.05) is 13.3 Å². The molecule has 0 atom stereocenters. The lowest BCUT2D eigenvalue weighted by Gasteiger charge is -2.39. The number of hydrogen-bond acceptors (Lipinski definition) is 3. The van der Waals surface area contributed by atoms with Crippen LogP contribution in [0.25, 0.3) is 0 Å². The largest absolute Gasteiger partial charge is 0.303 e. The van der Waals surface area contributed by atoms with Crippen LogP contribution in [0.2, 0.25) is 0 Å². The number of hydrogen-bond donors (Lipinski definition) is 0. The molecule has 2 heterocycles. The van der Waals surface area contributed by atoms with Gasteiger partial charge in [-0.25, -0.2) is 0 Å². The third-order valence-electron chi connectivity index (χ3n) is 5.74. The van der Waals surface area contributed by atoms with Crippen molar-refractivity contribution in [2.45, 2.75) is 70.8 Å². The summed E-state index contributed by atoms with van der Waals surface area (Å²) in [6.45, 7) is 8.71. The monoisotopic (exact) mass is 294 g/mol. The number of hydroxylamine groups is 2. The van der Waals surface area contributed by atoms with E-state index in [0.717, 1.165) is 11.8 Å². The van der Waals surface area contributed by atoms with Gasteiger partial charge in [-0.05, 0) is 82.8 Å². The molecule has 0 spiro atoms. The highest BCUT2D eigenvalue weighted by atomic mass is 16.7. The van der Waals surface area contributed by atoms with E-state index in [-0.39, 0.29) is 0 Å². The summed E-state index contributed by atoms with van der Waals surface area (Å²) in [6, 6.07) is 0. The quantitative estimate of drug-likeness (QED) is 0.743. The predicted octanol–water partition coefficient (Wildman–Crippen LogP) is 3.69. The van der Waals surface area contributed by atoms with Crippen LogP contribution < -0.4 is 0 Å². The molecule has 1 saturated carbocycles. The first-order valence-electron chi connectivity index (χ1n) is 9.43. The fourth-order valence-corrected chi connectivity index (χ4v) is 4.22. The number of nitrogens with zero attached hydrogens (tertiary/aromatic N) is 2. The zero-order chi connectivity index (χ0) is 14.5. The zero-order valence-corrected chi connectivity index (χ0v) is 13.9. The zero-order valence-electron chi connectivity index (χ0n) is 13.9. The molecule has 1 aliphatic carbocycles. The van der Waals surface area contributed by atoms with E-state index in [1.807, 2.05) is 0 Å². The molecule has 3 rings (SSSR count). The summed E-state index contributed by atoms with van der Waals surface area (Å²) < 4.78 is 0. The molecule has 0 aromatic carbocycles. The van der Waals surface area contributed by atoms with E-state index < -0.39 is 0 Å². The molecular formula is C18H34N2O. The standard InChI is InChI=1S/C18H34N2O/c1-16-14-18(15-16)21-20-12-7-17(8-13-20)6-5-11-19-9-3-2-4-10-19/h16-18H,2-15H2,1H3. The van der Waals surface area contributed by atoms with Gasteiger partial charge in [0.05, 0.1) is 6.10 Å². The summed E-state index contributed by atoms with van der Waals surface area (Å²) in [5.41, 5.74) is 0. The van der Waals surface area contributed by atoms with Crippen molar-refractivity contribution in [3.8, 4) is 0 Å². The van der Waals surface area contributed by atoms with Gasteiger partial charge in [0.25, 0.3) is 0 Å². The Balaban J connectivity index is 1.24. The van der Waals surface area contributed by atoms with Gasteiger partial charge in [-0.15, -0.1) is 0 Å². The van der Waals surface area contributed by atoms with Gasteiger partial charge >= 0.3 is 0 Å². The Kier molecular flexibility index (Phi) is 5.96. The van der Waals surface area contributed by atoms with Crippen molar-refractivity contribution in [2.24, 2.45) is 11.8 Å². The number of likely N-dealkylation sites (tertiary alicyclic amines) is 1. The van der Waals surface area contributed by atoms with E-state index in [2.05, 4.69) is 16.9 Å². The van der Waals surface area contributed by atoms with Gasteiger partial charge in [-0.2, -0.15) is 5.06 Å². The molecule has 0 amide bonds. The summed E-state index contributed by atoms with van der Waals surface area (Å²) >= 11 is 0. The molecule has 21 heavy (non-hydrogen) atoms. The molecule has 0 radical (unpaired) electrons. The normalized spacial score (nSPS) is 33.0. The van der Waals surface area contributed by atoms with E-state index in [4.69, 9.17) is 4.84 Å². The Morgan fingerprint density at radius 3 is 2.33 bits per heavy atom. The maximum Gasteiger partial charge on any atom is 0.0798 e. The van der Waals surface area contributed by atoms with E-state index in [9.17, 15) is 0 Å². The first kappa shape index (κ1) is 15.8. The maximum absolute atomic E-state index is 6.07. The van der Waals surface area contributed by atoms with E-state index >= 15 is 0 Å². The Bertz CT molecular complexity index is 290. The Morgan fingerprint density at radius 2 is 1.67 bits per heavy atom. The van der Waals surface area contributed by atoms with Gasteiger partial charge in [0.2, 0.25) is 0 Å². The van der Waals surface area contributed by atoms with Crippen molar-refractivity contribution in [2.75, 3.05) is 32.7 Å². The molecule has 3 nitrogen and oxygen atoms in total. The minimum Gasteiger partial charge on any atom is -0.303 e. The predicted molar refractivity (Wildman–Crippen MR) is 87.1 cm³/mol. The second kappa shape index (κ2) is 7.94. The van der Waals surface area contributed by atoms with Crippen molar-refractivity contribution in [1.82, 2.24) is 9.96 Å². The summed E-state index contributed by atoms with van der Waals surface area (Å²) in [6.07, 6.45) is 12.9. The summed E-state index contributed by atoms with van der Waals surface area (Å²) in [5, 5.41) is 2.26. The average molecular weight is 294 g/mol. The lowest BCUT2D eigenvalue weighted by atomic mass is 9.84. The first-order chi connectivity index (χ1) is 10.3. The molecule has 0 aromatic heterocycles. The summed E-state index contributed by atoms with van der Waals surface area (Å²) in [4.78, 5) is 8.75. The first-order valence-corrected chi connectivity index (χ1v) is 9.43. The van der Waals surface area contributed by atoms with Crippen LogP contribution in [-0.4, -0.2) is 48.8 Å². The van der Waals surface area contributed by atoms with Crippen LogP contribution in [0.3, 0.4) is 0 Å². The van der Waals surface area contributed by atoms with Crippen molar-refractivity contribution >= 4 is 0 Å². The highest BCUT2D eigenvalue weighted by molar-refractivity contribution is 4.77. The van der Waals surface area contributed by atoms with Crippen molar-refractivity contribution in [3.63, 3.8) is 0 Å². The van der Waals surface area contributed by atoms with Crippen LogP contribution in [0.5, 0.6) is 0 Å². The second-order valence-electron chi connectivity index (χ2n) is 7.72. The summed E-state index contributed by atoms with van der Waals surface area (Å²) in [5.74, 6) is 1.84. The topological polar surface area (TPSA) is 15.7 Å². The molecule has 0 N–H and O–H groups in total. The third-order valence-corrected chi connectivity index (χ3v) is 5.74. The molecule has 3 aliphatic rings. The van der Waals surface area contributed by atoms with Gasteiger partial charge < -0.3 is 4.90 Å². The number of rotatable bonds is 6. The number of piperidine rings is 2. The summed E-state index contributed by atoms with van der Waals surface area (Å²) in [7, 11) is 0. The van der Waals surface area contributed by atoms with Crippen LogP contribution in [0.15, 0.2) is 0 Å². The molecular weight excluding hydrogens is 260 g/mol. The molecule has 122 valence electrons. The molecule has 2 saturated heterocycles. The molecule has 0 aromatic rings. The smallest absolute Gasteiger partial charge is 0.0798 e. The average Bonchev–Trinajstić information content (AvgIpc) is 2.48. The van der Waals surface area contributed by atoms with Crippen LogP contribution in [-0.2, 0) is 4.84 Å². The highest BCUT2D eigenvalue weighted by Crippen LogP contribution is 2.31. The second-order valence-corrected chi connectivity index (χ2v) is 7.72. The Hall–Kier alpha value is -0.120. The van der Waals surface area contributed by atoms with Crippen molar-refractivity contribution < 1.29 is 4.84 Å². The minimum absolute atomic E-state index is 0.538. The van der Waals surface area contributed by atoms with Crippen molar-refractivity contribution in [3.05, 3.63) is 0 Å². The molecule has 0 unspecified atom stereocenters. The molecule has 2 aliphatic heterocycles. The van der Waals surface area contributed by atoms with Gasteiger partial charge in [0, 0.05) is 13.1 Å². The molecule has 3 heteroatoms. The van der Waals surface area contributed by atoms with Crippen LogP contribution in [0.1, 0.15) is 64.7 Å². The third kappa shape index (κ3) is 4.94. The van der Waals surface area contributed by atoms with E-state index in [1.54, 1.807) is 0 Å². The van der Waals surface area contributed by atoms with Crippen LogP contribution in [0.4, 0.5) is 0 Å². The maximum atomic E-state index is 6.07. The molecule has 0 bridgehead atoms. The van der Waals surface area contributed by atoms with E-state index in [0.29, 0.717) is 6.10 Å². The van der Waals surface area contributed by atoms with Crippen LogP contribution in [0, 0.1) is 11.8 Å². The Morgan fingerprint density at radius 1 is 0.952 bits per heavy atom. The van der Waals surface area contributed by atoms with Crippen LogP contribution >= 0.6 is 0 Å². The van der Waals surface area contributed by atoms with Crippen molar-refractivity contribution in [1.29, 1.82) is 0 Å².